The zero-order valence-corrected chi connectivity index (χ0v) is 15.8. The maximum Gasteiger partial charge on any atom is 0.317 e. The molecule has 0 saturated carbocycles. The molecule has 0 aliphatic carbocycles. The lowest BCUT2D eigenvalue weighted by Gasteiger charge is -2.34. The Labute approximate surface area is 155 Å². The molecule has 2 heterocycles. The predicted molar refractivity (Wildman–Crippen MR) is 103 cm³/mol. The highest BCUT2D eigenvalue weighted by molar-refractivity contribution is 5.74. The van der Waals surface area contributed by atoms with Crippen molar-refractivity contribution in [3.8, 4) is 0 Å². The third-order valence-corrected chi connectivity index (χ3v) is 4.87. The summed E-state index contributed by atoms with van der Waals surface area (Å²) in [4.78, 5) is 21.1. The highest BCUT2D eigenvalue weighted by Crippen LogP contribution is 2.12. The number of aromatic nitrogens is 2. The van der Waals surface area contributed by atoms with Crippen LogP contribution in [0.1, 0.15) is 31.2 Å². The molecule has 1 aromatic carbocycles. The number of carbonyl (C=O) groups excluding carboxylic acids is 1. The van der Waals surface area contributed by atoms with Gasteiger partial charge in [0.15, 0.2) is 0 Å². The lowest BCUT2D eigenvalue weighted by atomic mass is 10.2. The third-order valence-electron chi connectivity index (χ3n) is 4.87. The van der Waals surface area contributed by atoms with Gasteiger partial charge in [0.25, 0.3) is 0 Å². The summed E-state index contributed by atoms with van der Waals surface area (Å²) in [5, 5.41) is 3.01. The maximum absolute atomic E-state index is 12.3. The van der Waals surface area contributed by atoms with Gasteiger partial charge in [-0.05, 0) is 5.56 Å². The smallest absolute Gasteiger partial charge is 0.317 e. The van der Waals surface area contributed by atoms with Gasteiger partial charge in [-0.2, -0.15) is 0 Å². The molecule has 26 heavy (non-hydrogen) atoms. The van der Waals surface area contributed by atoms with Gasteiger partial charge in [0.2, 0.25) is 0 Å². The van der Waals surface area contributed by atoms with Gasteiger partial charge in [-0.15, -0.1) is 0 Å². The largest absolute Gasteiger partial charge is 0.334 e. The van der Waals surface area contributed by atoms with E-state index in [9.17, 15) is 4.79 Å². The van der Waals surface area contributed by atoms with E-state index in [0.29, 0.717) is 12.5 Å². The minimum atomic E-state index is 0.0326. The predicted octanol–water partition coefficient (Wildman–Crippen LogP) is 2.53. The van der Waals surface area contributed by atoms with E-state index in [4.69, 9.17) is 0 Å². The van der Waals surface area contributed by atoms with E-state index < -0.39 is 0 Å². The molecular weight excluding hydrogens is 326 g/mol. The zero-order valence-electron chi connectivity index (χ0n) is 15.8. The first-order valence-electron chi connectivity index (χ1n) is 9.43. The van der Waals surface area contributed by atoms with Crippen LogP contribution >= 0.6 is 0 Å². The van der Waals surface area contributed by atoms with Crippen LogP contribution in [0.5, 0.6) is 0 Å². The van der Waals surface area contributed by atoms with E-state index in [2.05, 4.69) is 39.8 Å². The standard InChI is InChI=1S/C20H29N5O/c1-17(2)19-21-8-9-24(19)13-10-23-11-14-25(15-12-23)20(26)22-16-18-6-4-3-5-7-18/h3-9,17H,10-16H2,1-2H3,(H,22,26). The molecule has 1 N–H and O–H groups in total. The second-order valence-electron chi connectivity index (χ2n) is 7.11. The SMILES string of the molecule is CC(C)c1nccn1CCN1CCN(C(=O)NCc2ccccc2)CC1. The first-order valence-corrected chi connectivity index (χ1v) is 9.43. The van der Waals surface area contributed by atoms with Crippen molar-refractivity contribution in [1.29, 1.82) is 0 Å². The molecule has 0 radical (unpaired) electrons. The summed E-state index contributed by atoms with van der Waals surface area (Å²) < 4.78 is 2.24. The van der Waals surface area contributed by atoms with Crippen molar-refractivity contribution in [3.63, 3.8) is 0 Å². The summed E-state index contributed by atoms with van der Waals surface area (Å²) in [7, 11) is 0. The molecule has 2 amide bonds. The number of urea groups is 1. The molecule has 6 nitrogen and oxygen atoms in total. The Balaban J connectivity index is 1.39. The van der Waals surface area contributed by atoms with Crippen LogP contribution in [0.15, 0.2) is 42.7 Å². The maximum atomic E-state index is 12.3. The van der Waals surface area contributed by atoms with Gasteiger partial charge in [0.1, 0.15) is 5.82 Å². The van der Waals surface area contributed by atoms with Gasteiger partial charge in [-0.1, -0.05) is 44.2 Å². The zero-order chi connectivity index (χ0) is 18.4. The first-order chi connectivity index (χ1) is 12.6. The van der Waals surface area contributed by atoms with Gasteiger partial charge in [-0.3, -0.25) is 4.90 Å². The van der Waals surface area contributed by atoms with Crippen molar-refractivity contribution < 1.29 is 4.79 Å². The molecular formula is C20H29N5O. The van der Waals surface area contributed by atoms with E-state index in [1.807, 2.05) is 41.4 Å². The lowest BCUT2D eigenvalue weighted by Crippen LogP contribution is -2.52. The number of rotatable bonds is 6. The monoisotopic (exact) mass is 355 g/mol. The van der Waals surface area contributed by atoms with E-state index in [0.717, 1.165) is 50.7 Å². The molecule has 0 unspecified atom stereocenters. The fourth-order valence-electron chi connectivity index (χ4n) is 3.32. The Hall–Kier alpha value is -2.34. The third kappa shape index (κ3) is 4.85. The average molecular weight is 355 g/mol. The van der Waals surface area contributed by atoms with E-state index in [1.165, 1.54) is 0 Å². The van der Waals surface area contributed by atoms with E-state index >= 15 is 0 Å². The Morgan fingerprint density at radius 3 is 2.54 bits per heavy atom. The van der Waals surface area contributed by atoms with Crippen LogP contribution in [0.4, 0.5) is 4.79 Å². The number of carbonyl (C=O) groups is 1. The van der Waals surface area contributed by atoms with Crippen molar-refractivity contribution in [2.45, 2.75) is 32.9 Å². The molecule has 2 aromatic rings. The van der Waals surface area contributed by atoms with Crippen LogP contribution in [0.3, 0.4) is 0 Å². The number of piperazine rings is 1. The number of imidazole rings is 1. The first kappa shape index (κ1) is 18.5. The molecule has 3 rings (SSSR count). The van der Waals surface area contributed by atoms with Crippen LogP contribution < -0.4 is 5.32 Å². The number of hydrogen-bond acceptors (Lipinski definition) is 3. The number of nitrogens with one attached hydrogen (secondary N) is 1. The van der Waals surface area contributed by atoms with E-state index in [-0.39, 0.29) is 6.03 Å². The molecule has 1 fully saturated rings. The van der Waals surface area contributed by atoms with Crippen LogP contribution in [0.25, 0.3) is 0 Å². The second-order valence-corrected chi connectivity index (χ2v) is 7.11. The molecule has 0 bridgehead atoms. The Bertz CT molecular complexity index is 689. The summed E-state index contributed by atoms with van der Waals surface area (Å²) in [6, 6.07) is 10.1. The molecule has 1 aromatic heterocycles. The quantitative estimate of drug-likeness (QED) is 0.866. The minimum Gasteiger partial charge on any atom is -0.334 e. The molecule has 6 heteroatoms. The molecule has 0 atom stereocenters. The summed E-state index contributed by atoms with van der Waals surface area (Å²) in [5.41, 5.74) is 1.13. The molecule has 1 aliphatic rings. The Morgan fingerprint density at radius 2 is 1.85 bits per heavy atom. The summed E-state index contributed by atoms with van der Waals surface area (Å²) in [6.07, 6.45) is 3.94. The van der Waals surface area contributed by atoms with E-state index in [1.54, 1.807) is 0 Å². The van der Waals surface area contributed by atoms with Crippen molar-refractivity contribution in [2.75, 3.05) is 32.7 Å². The molecule has 1 aliphatic heterocycles. The average Bonchev–Trinajstić information content (AvgIpc) is 3.15. The summed E-state index contributed by atoms with van der Waals surface area (Å²) in [6.45, 7) is 10.3. The van der Waals surface area contributed by atoms with Gasteiger partial charge in [-0.25, -0.2) is 9.78 Å². The van der Waals surface area contributed by atoms with Crippen molar-refractivity contribution in [3.05, 3.63) is 54.1 Å². The van der Waals surface area contributed by atoms with Crippen LogP contribution in [0.2, 0.25) is 0 Å². The van der Waals surface area contributed by atoms with Crippen LogP contribution in [-0.4, -0.2) is 58.1 Å². The van der Waals surface area contributed by atoms with Gasteiger partial charge < -0.3 is 14.8 Å². The topological polar surface area (TPSA) is 53.4 Å². The lowest BCUT2D eigenvalue weighted by molar-refractivity contribution is 0.136. The number of benzene rings is 1. The fraction of sp³-hybridized carbons (Fsp3) is 0.500. The second kappa shape index (κ2) is 8.85. The van der Waals surface area contributed by atoms with Crippen LogP contribution in [-0.2, 0) is 13.1 Å². The van der Waals surface area contributed by atoms with Crippen molar-refractivity contribution >= 4 is 6.03 Å². The Kier molecular flexibility index (Phi) is 6.28. The molecule has 140 valence electrons. The Morgan fingerprint density at radius 1 is 1.12 bits per heavy atom. The number of hydrogen-bond donors (Lipinski definition) is 1. The highest BCUT2D eigenvalue weighted by Gasteiger charge is 2.21. The number of nitrogens with zero attached hydrogens (tertiary/aromatic N) is 4. The molecule has 1 saturated heterocycles. The molecule has 0 spiro atoms. The van der Waals surface area contributed by atoms with Gasteiger partial charge >= 0.3 is 6.03 Å². The van der Waals surface area contributed by atoms with Crippen molar-refractivity contribution in [1.82, 2.24) is 24.7 Å². The van der Waals surface area contributed by atoms with Crippen molar-refractivity contribution in [2.24, 2.45) is 0 Å². The summed E-state index contributed by atoms with van der Waals surface area (Å²) >= 11 is 0. The number of amides is 2. The van der Waals surface area contributed by atoms with Gasteiger partial charge in [0, 0.05) is 64.1 Å². The van der Waals surface area contributed by atoms with Gasteiger partial charge in [0.05, 0.1) is 0 Å². The van der Waals surface area contributed by atoms with Crippen LogP contribution in [0, 0.1) is 0 Å². The normalized spacial score (nSPS) is 15.4. The fourth-order valence-corrected chi connectivity index (χ4v) is 3.32. The minimum absolute atomic E-state index is 0.0326. The highest BCUT2D eigenvalue weighted by atomic mass is 16.2. The summed E-state index contributed by atoms with van der Waals surface area (Å²) in [5.74, 6) is 1.58.